The second-order valence-corrected chi connectivity index (χ2v) is 4.34. The van der Waals surface area contributed by atoms with E-state index in [1.165, 1.54) is 6.07 Å². The molecule has 0 heterocycles. The molecule has 0 aromatic heterocycles. The van der Waals surface area contributed by atoms with E-state index in [4.69, 9.17) is 9.84 Å². The van der Waals surface area contributed by atoms with Gasteiger partial charge < -0.3 is 9.84 Å². The highest BCUT2D eigenvalue weighted by Crippen LogP contribution is 2.20. The number of ether oxygens (including phenoxy) is 1. The normalized spacial score (nSPS) is 9.75. The first-order valence-electron chi connectivity index (χ1n) is 6.27. The smallest absolute Gasteiger partial charge is 0.165 e. The second-order valence-electron chi connectivity index (χ2n) is 4.34. The minimum Gasteiger partial charge on any atom is -0.486 e. The minimum absolute atomic E-state index is 0.193. The predicted octanol–water partition coefficient (Wildman–Crippen LogP) is 3.06. The lowest BCUT2D eigenvalue weighted by Crippen LogP contribution is -2.00. The Bertz CT molecular complexity index is 654. The number of hydrogen-bond donors (Lipinski definition) is 1. The lowest BCUT2D eigenvalue weighted by Gasteiger charge is -2.09. The third-order valence-electron chi connectivity index (χ3n) is 2.79. The first-order chi connectivity index (χ1) is 9.70. The SMILES string of the molecule is Cc1ccc(F)c(OCc2ccccc2C#CCO)c1. The molecule has 0 amide bonds. The summed E-state index contributed by atoms with van der Waals surface area (Å²) in [5, 5.41) is 8.74. The zero-order chi connectivity index (χ0) is 14.4. The second kappa shape index (κ2) is 6.74. The summed E-state index contributed by atoms with van der Waals surface area (Å²) >= 11 is 0. The van der Waals surface area contributed by atoms with Crippen LogP contribution in [0, 0.1) is 24.6 Å². The van der Waals surface area contributed by atoms with Crippen molar-refractivity contribution in [2.45, 2.75) is 13.5 Å². The molecule has 0 bridgehead atoms. The lowest BCUT2D eigenvalue weighted by molar-refractivity contribution is 0.290. The van der Waals surface area contributed by atoms with Gasteiger partial charge in [0.2, 0.25) is 0 Å². The molecule has 102 valence electrons. The zero-order valence-electron chi connectivity index (χ0n) is 11.2. The van der Waals surface area contributed by atoms with Gasteiger partial charge in [-0.05, 0) is 30.7 Å². The highest BCUT2D eigenvalue weighted by atomic mass is 19.1. The Morgan fingerprint density at radius 1 is 1.20 bits per heavy atom. The van der Waals surface area contributed by atoms with Crippen molar-refractivity contribution >= 4 is 0 Å². The fourth-order valence-electron chi connectivity index (χ4n) is 1.78. The number of hydrogen-bond acceptors (Lipinski definition) is 2. The van der Waals surface area contributed by atoms with Crippen LogP contribution in [0.4, 0.5) is 4.39 Å². The van der Waals surface area contributed by atoms with E-state index in [9.17, 15) is 4.39 Å². The van der Waals surface area contributed by atoms with Gasteiger partial charge >= 0.3 is 0 Å². The summed E-state index contributed by atoms with van der Waals surface area (Å²) in [6.07, 6.45) is 0. The van der Waals surface area contributed by atoms with Crippen molar-refractivity contribution in [2.24, 2.45) is 0 Å². The minimum atomic E-state index is -0.380. The average molecular weight is 270 g/mol. The summed E-state index contributed by atoms with van der Waals surface area (Å²) in [6.45, 7) is 1.92. The molecule has 0 spiro atoms. The molecule has 0 saturated heterocycles. The first kappa shape index (κ1) is 14.1. The van der Waals surface area contributed by atoms with Crippen LogP contribution in [0.1, 0.15) is 16.7 Å². The van der Waals surface area contributed by atoms with Crippen molar-refractivity contribution in [3.8, 4) is 17.6 Å². The van der Waals surface area contributed by atoms with Crippen LogP contribution in [0.3, 0.4) is 0 Å². The molecule has 0 atom stereocenters. The number of aryl methyl sites for hydroxylation is 1. The molecular weight excluding hydrogens is 255 g/mol. The molecule has 0 aliphatic heterocycles. The molecular formula is C17H15FO2. The van der Waals surface area contributed by atoms with Crippen LogP contribution in [0.25, 0.3) is 0 Å². The van der Waals surface area contributed by atoms with Crippen LogP contribution in [0.5, 0.6) is 5.75 Å². The van der Waals surface area contributed by atoms with E-state index in [2.05, 4.69) is 11.8 Å². The van der Waals surface area contributed by atoms with E-state index >= 15 is 0 Å². The molecule has 0 aliphatic carbocycles. The van der Waals surface area contributed by atoms with E-state index < -0.39 is 0 Å². The van der Waals surface area contributed by atoms with E-state index in [-0.39, 0.29) is 24.8 Å². The topological polar surface area (TPSA) is 29.5 Å². The van der Waals surface area contributed by atoms with Crippen LogP contribution >= 0.6 is 0 Å². The molecule has 0 aliphatic rings. The van der Waals surface area contributed by atoms with Gasteiger partial charge in [-0.15, -0.1) is 0 Å². The summed E-state index contributed by atoms with van der Waals surface area (Å²) < 4.78 is 19.1. The van der Waals surface area contributed by atoms with Crippen molar-refractivity contribution in [3.63, 3.8) is 0 Å². The van der Waals surface area contributed by atoms with Gasteiger partial charge in [-0.3, -0.25) is 0 Å². The molecule has 1 N–H and O–H groups in total. The summed E-state index contributed by atoms with van der Waals surface area (Å²) in [5.41, 5.74) is 2.57. The Kier molecular flexibility index (Phi) is 4.75. The van der Waals surface area contributed by atoms with Gasteiger partial charge in [0.1, 0.15) is 13.2 Å². The Labute approximate surface area is 117 Å². The van der Waals surface area contributed by atoms with Gasteiger partial charge in [-0.1, -0.05) is 36.1 Å². The maximum Gasteiger partial charge on any atom is 0.165 e. The quantitative estimate of drug-likeness (QED) is 0.869. The zero-order valence-corrected chi connectivity index (χ0v) is 11.2. The Morgan fingerprint density at radius 2 is 2.00 bits per heavy atom. The van der Waals surface area contributed by atoms with Crippen molar-refractivity contribution in [1.29, 1.82) is 0 Å². The number of aliphatic hydroxyl groups excluding tert-OH is 1. The van der Waals surface area contributed by atoms with Crippen molar-refractivity contribution in [1.82, 2.24) is 0 Å². The molecule has 2 aromatic carbocycles. The Hall–Kier alpha value is -2.31. The molecule has 2 aromatic rings. The molecule has 0 fully saturated rings. The van der Waals surface area contributed by atoms with Crippen LogP contribution in [-0.2, 0) is 6.61 Å². The Morgan fingerprint density at radius 3 is 2.80 bits per heavy atom. The van der Waals surface area contributed by atoms with Gasteiger partial charge in [0.25, 0.3) is 0 Å². The third-order valence-corrected chi connectivity index (χ3v) is 2.79. The maximum absolute atomic E-state index is 13.6. The highest BCUT2D eigenvalue weighted by Gasteiger charge is 2.05. The third kappa shape index (κ3) is 3.59. The van der Waals surface area contributed by atoms with E-state index in [1.807, 2.05) is 31.2 Å². The fourth-order valence-corrected chi connectivity index (χ4v) is 1.78. The van der Waals surface area contributed by atoms with Crippen LogP contribution in [-0.4, -0.2) is 11.7 Å². The van der Waals surface area contributed by atoms with Crippen LogP contribution < -0.4 is 4.74 Å². The average Bonchev–Trinajstić information content (AvgIpc) is 2.47. The molecule has 0 saturated carbocycles. The predicted molar refractivity (Wildman–Crippen MR) is 75.9 cm³/mol. The van der Waals surface area contributed by atoms with Gasteiger partial charge in [0, 0.05) is 11.1 Å². The van der Waals surface area contributed by atoms with Gasteiger partial charge in [0.05, 0.1) is 0 Å². The van der Waals surface area contributed by atoms with Crippen LogP contribution in [0.2, 0.25) is 0 Å². The van der Waals surface area contributed by atoms with Gasteiger partial charge in [0.15, 0.2) is 11.6 Å². The lowest BCUT2D eigenvalue weighted by atomic mass is 10.1. The molecule has 20 heavy (non-hydrogen) atoms. The molecule has 3 heteroatoms. The highest BCUT2D eigenvalue weighted by molar-refractivity contribution is 5.41. The summed E-state index contributed by atoms with van der Waals surface area (Å²) in [7, 11) is 0. The summed E-state index contributed by atoms with van der Waals surface area (Å²) in [6, 6.07) is 12.2. The number of rotatable bonds is 3. The van der Waals surface area contributed by atoms with Gasteiger partial charge in [-0.25, -0.2) is 4.39 Å². The fraction of sp³-hybridized carbons (Fsp3) is 0.176. The van der Waals surface area contributed by atoms with E-state index in [0.29, 0.717) is 0 Å². The Balaban J connectivity index is 2.17. The summed E-state index contributed by atoms with van der Waals surface area (Å²) in [4.78, 5) is 0. The number of halogens is 1. The molecule has 0 unspecified atom stereocenters. The molecule has 0 radical (unpaired) electrons. The largest absolute Gasteiger partial charge is 0.486 e. The van der Waals surface area contributed by atoms with E-state index in [0.717, 1.165) is 16.7 Å². The first-order valence-corrected chi connectivity index (χ1v) is 6.27. The monoisotopic (exact) mass is 270 g/mol. The van der Waals surface area contributed by atoms with Crippen molar-refractivity contribution in [2.75, 3.05) is 6.61 Å². The van der Waals surface area contributed by atoms with E-state index in [1.54, 1.807) is 12.1 Å². The molecule has 2 rings (SSSR count). The summed E-state index contributed by atoms with van der Waals surface area (Å²) in [5.74, 6) is 5.30. The van der Waals surface area contributed by atoms with Crippen LogP contribution in [0.15, 0.2) is 42.5 Å². The maximum atomic E-state index is 13.6. The number of aliphatic hydroxyl groups is 1. The van der Waals surface area contributed by atoms with Gasteiger partial charge in [-0.2, -0.15) is 0 Å². The van der Waals surface area contributed by atoms with Crippen molar-refractivity contribution in [3.05, 3.63) is 65.0 Å². The molecule has 2 nitrogen and oxygen atoms in total. The van der Waals surface area contributed by atoms with Crippen molar-refractivity contribution < 1.29 is 14.2 Å². The number of benzene rings is 2. The standard InChI is InChI=1S/C17H15FO2/c1-13-8-9-16(18)17(11-13)20-12-15-6-3-2-5-14(15)7-4-10-19/h2-3,5-6,8-9,11,19H,10,12H2,1H3.